The van der Waals surface area contributed by atoms with Gasteiger partial charge in [-0.2, -0.15) is 0 Å². The Balaban J connectivity index is 1.42. The predicted molar refractivity (Wildman–Crippen MR) is 131 cm³/mol. The fraction of sp³-hybridized carbons (Fsp3) is 0.320. The first kappa shape index (κ1) is 22.5. The molecule has 0 unspecified atom stereocenters. The molecule has 2 aromatic heterocycles. The van der Waals surface area contributed by atoms with Crippen LogP contribution < -0.4 is 5.32 Å². The first-order chi connectivity index (χ1) is 15.8. The summed E-state index contributed by atoms with van der Waals surface area (Å²) in [5.74, 6) is 0.497. The first-order valence-electron chi connectivity index (χ1n) is 11.0. The zero-order valence-corrected chi connectivity index (χ0v) is 19.6. The minimum Gasteiger partial charge on any atom is -0.346 e. The van der Waals surface area contributed by atoms with Gasteiger partial charge >= 0.3 is 6.03 Å². The van der Waals surface area contributed by atoms with Gasteiger partial charge < -0.3 is 19.3 Å². The lowest BCUT2D eigenvalue weighted by molar-refractivity contribution is -0.125. The second kappa shape index (κ2) is 9.46. The minimum absolute atomic E-state index is 0.0844. The SMILES string of the molecule is CN(C)CCN1Cc2cc(/C=C/C(=O)N(C)Cc3cc4ccccc4n3C)cnc2NC1=O. The average Bonchev–Trinajstić information content (AvgIpc) is 3.11. The summed E-state index contributed by atoms with van der Waals surface area (Å²) in [4.78, 5) is 34.9. The molecule has 0 saturated heterocycles. The van der Waals surface area contributed by atoms with Crippen LogP contribution in [0.15, 0.2) is 48.7 Å². The second-order valence-electron chi connectivity index (χ2n) is 8.71. The number of hydrogen-bond donors (Lipinski definition) is 1. The van der Waals surface area contributed by atoms with E-state index in [0.29, 0.717) is 25.5 Å². The van der Waals surface area contributed by atoms with Crippen LogP contribution in [0.1, 0.15) is 16.8 Å². The van der Waals surface area contributed by atoms with Crippen LogP contribution in [0.2, 0.25) is 0 Å². The van der Waals surface area contributed by atoms with Crippen molar-refractivity contribution >= 4 is 34.7 Å². The summed E-state index contributed by atoms with van der Waals surface area (Å²) in [6.07, 6.45) is 5.01. The Kier molecular flexibility index (Phi) is 6.46. The van der Waals surface area contributed by atoms with Crippen LogP contribution in [-0.4, -0.2) is 70.4 Å². The van der Waals surface area contributed by atoms with Gasteiger partial charge in [0.15, 0.2) is 0 Å². The molecular weight excluding hydrogens is 416 g/mol. The molecule has 1 aliphatic rings. The number of benzene rings is 1. The zero-order valence-electron chi connectivity index (χ0n) is 19.6. The fourth-order valence-corrected chi connectivity index (χ4v) is 3.93. The molecule has 1 aliphatic heterocycles. The number of aromatic nitrogens is 2. The van der Waals surface area contributed by atoms with Gasteiger partial charge in [0.1, 0.15) is 5.82 Å². The molecular formula is C25H30N6O2. The number of hydrogen-bond acceptors (Lipinski definition) is 4. The lowest BCUT2D eigenvalue weighted by Gasteiger charge is -2.29. The molecule has 0 fully saturated rings. The van der Waals surface area contributed by atoms with Gasteiger partial charge in [-0.1, -0.05) is 18.2 Å². The smallest absolute Gasteiger partial charge is 0.323 e. The molecule has 0 spiro atoms. The second-order valence-corrected chi connectivity index (χ2v) is 8.71. The number of pyridine rings is 1. The van der Waals surface area contributed by atoms with E-state index in [4.69, 9.17) is 0 Å². The summed E-state index contributed by atoms with van der Waals surface area (Å²) in [6, 6.07) is 12.1. The molecule has 1 aromatic carbocycles. The van der Waals surface area contributed by atoms with E-state index in [0.717, 1.165) is 28.9 Å². The number of rotatable bonds is 7. The summed E-state index contributed by atoms with van der Waals surface area (Å²) in [6.45, 7) is 2.44. The van der Waals surface area contributed by atoms with Crippen molar-refractivity contribution in [1.29, 1.82) is 0 Å². The molecule has 8 heteroatoms. The molecule has 0 radical (unpaired) electrons. The Morgan fingerprint density at radius 2 is 2.00 bits per heavy atom. The van der Waals surface area contributed by atoms with Gasteiger partial charge in [-0.3, -0.25) is 10.1 Å². The maximum absolute atomic E-state index is 12.7. The van der Waals surface area contributed by atoms with E-state index in [1.54, 1.807) is 35.2 Å². The van der Waals surface area contributed by atoms with Gasteiger partial charge in [0, 0.05) is 56.2 Å². The van der Waals surface area contributed by atoms with Crippen LogP contribution in [-0.2, 0) is 24.9 Å². The highest BCUT2D eigenvalue weighted by atomic mass is 16.2. The molecule has 0 bridgehead atoms. The summed E-state index contributed by atoms with van der Waals surface area (Å²) in [7, 11) is 7.78. The molecule has 3 aromatic rings. The normalized spacial score (nSPS) is 13.6. The Morgan fingerprint density at radius 1 is 1.21 bits per heavy atom. The van der Waals surface area contributed by atoms with E-state index in [1.165, 1.54) is 5.39 Å². The van der Waals surface area contributed by atoms with Crippen LogP contribution in [0, 0.1) is 0 Å². The average molecular weight is 447 g/mol. The minimum atomic E-state index is -0.134. The third-order valence-electron chi connectivity index (χ3n) is 5.92. The van der Waals surface area contributed by atoms with Crippen molar-refractivity contribution in [3.05, 3.63) is 65.5 Å². The number of aryl methyl sites for hydroxylation is 1. The van der Waals surface area contributed by atoms with Gasteiger partial charge in [-0.15, -0.1) is 0 Å². The third-order valence-corrected chi connectivity index (χ3v) is 5.92. The predicted octanol–water partition coefficient (Wildman–Crippen LogP) is 3.15. The number of anilines is 1. The number of nitrogens with zero attached hydrogens (tertiary/aromatic N) is 5. The molecule has 1 N–H and O–H groups in total. The highest BCUT2D eigenvalue weighted by molar-refractivity contribution is 5.93. The van der Waals surface area contributed by atoms with Crippen molar-refractivity contribution in [3.8, 4) is 0 Å². The monoisotopic (exact) mass is 446 g/mol. The maximum Gasteiger partial charge on any atom is 0.323 e. The summed E-state index contributed by atoms with van der Waals surface area (Å²) >= 11 is 0. The number of urea groups is 1. The maximum atomic E-state index is 12.7. The highest BCUT2D eigenvalue weighted by Gasteiger charge is 2.23. The number of nitrogens with one attached hydrogen (secondary N) is 1. The van der Waals surface area contributed by atoms with Crippen LogP contribution in [0.3, 0.4) is 0 Å². The Morgan fingerprint density at radius 3 is 2.76 bits per heavy atom. The van der Waals surface area contributed by atoms with Crippen molar-refractivity contribution in [2.24, 2.45) is 7.05 Å². The lowest BCUT2D eigenvalue weighted by atomic mass is 10.1. The molecule has 0 atom stereocenters. The third kappa shape index (κ3) is 5.06. The Hall–Kier alpha value is -3.65. The molecule has 4 rings (SSSR count). The molecule has 3 amide bonds. The van der Waals surface area contributed by atoms with Gasteiger partial charge in [-0.05, 0) is 49.3 Å². The van der Waals surface area contributed by atoms with Crippen molar-refractivity contribution < 1.29 is 9.59 Å². The van der Waals surface area contributed by atoms with Gasteiger partial charge in [0.05, 0.1) is 13.1 Å². The standard InChI is InChI=1S/C25H30N6O2/c1-28(2)11-12-31-16-20-13-18(15-26-24(20)27-25(31)33)9-10-23(32)29(3)17-21-14-19-7-5-6-8-22(19)30(21)4/h5-10,13-15H,11-12,16-17H2,1-4H3,(H,26,27,33)/b10-9+. The molecule has 3 heterocycles. The van der Waals surface area contributed by atoms with E-state index < -0.39 is 0 Å². The zero-order chi connectivity index (χ0) is 23.5. The fourth-order valence-electron chi connectivity index (χ4n) is 3.93. The van der Waals surface area contributed by atoms with Crippen molar-refractivity contribution in [2.75, 3.05) is 39.5 Å². The number of para-hydroxylation sites is 1. The summed E-state index contributed by atoms with van der Waals surface area (Å²) in [5, 5.41) is 4.01. The van der Waals surface area contributed by atoms with Crippen LogP contribution in [0.4, 0.5) is 10.6 Å². The molecule has 8 nitrogen and oxygen atoms in total. The molecule has 0 saturated carbocycles. The number of carbonyl (C=O) groups excluding carboxylic acids is 2. The van der Waals surface area contributed by atoms with Crippen molar-refractivity contribution in [1.82, 2.24) is 24.3 Å². The van der Waals surface area contributed by atoms with E-state index in [2.05, 4.69) is 33.1 Å². The van der Waals surface area contributed by atoms with Gasteiger partial charge in [-0.25, -0.2) is 9.78 Å². The Bertz CT molecular complexity index is 1210. The lowest BCUT2D eigenvalue weighted by Crippen LogP contribution is -2.42. The van der Waals surface area contributed by atoms with Gasteiger partial charge in [0.25, 0.3) is 0 Å². The van der Waals surface area contributed by atoms with Crippen LogP contribution >= 0.6 is 0 Å². The quantitative estimate of drug-likeness (QED) is 0.566. The highest BCUT2D eigenvalue weighted by Crippen LogP contribution is 2.23. The van der Waals surface area contributed by atoms with E-state index in [-0.39, 0.29) is 11.9 Å². The summed E-state index contributed by atoms with van der Waals surface area (Å²) in [5.41, 5.74) is 3.98. The van der Waals surface area contributed by atoms with Crippen LogP contribution in [0.25, 0.3) is 17.0 Å². The van der Waals surface area contributed by atoms with Crippen molar-refractivity contribution in [3.63, 3.8) is 0 Å². The molecule has 33 heavy (non-hydrogen) atoms. The number of amides is 3. The van der Waals surface area contributed by atoms with Crippen LogP contribution in [0.5, 0.6) is 0 Å². The topological polar surface area (TPSA) is 73.7 Å². The molecule has 0 aliphatic carbocycles. The Labute approximate surface area is 194 Å². The first-order valence-corrected chi connectivity index (χ1v) is 11.0. The van der Waals surface area contributed by atoms with Crippen molar-refractivity contribution in [2.45, 2.75) is 13.1 Å². The summed E-state index contributed by atoms with van der Waals surface area (Å²) < 4.78 is 2.12. The number of likely N-dealkylation sites (N-methyl/N-ethyl adjacent to an activating group) is 2. The van der Waals surface area contributed by atoms with E-state index in [1.807, 2.05) is 44.2 Å². The number of carbonyl (C=O) groups is 2. The molecule has 172 valence electrons. The van der Waals surface area contributed by atoms with E-state index in [9.17, 15) is 9.59 Å². The van der Waals surface area contributed by atoms with Gasteiger partial charge in [0.2, 0.25) is 5.91 Å². The largest absolute Gasteiger partial charge is 0.346 e. The van der Waals surface area contributed by atoms with E-state index >= 15 is 0 Å². The number of fused-ring (bicyclic) bond motifs is 2.